The average Bonchev–Trinajstić information content (AvgIpc) is 3.22. The number of hydrogen-bond donors (Lipinski definition) is 3. The maximum Gasteiger partial charge on any atom is 0.433 e. The van der Waals surface area contributed by atoms with Crippen LogP contribution in [0.15, 0.2) is 30.5 Å². The fourth-order valence-corrected chi connectivity index (χ4v) is 3.90. The molecular formula is C22H22F5N7O2. The highest BCUT2D eigenvalue weighted by Crippen LogP contribution is 2.30. The largest absolute Gasteiger partial charge is 0.433 e. The molecule has 1 aliphatic heterocycles. The molecule has 1 saturated heterocycles. The molecule has 0 aliphatic carbocycles. The quantitative estimate of drug-likeness (QED) is 0.418. The molecule has 3 heterocycles. The van der Waals surface area contributed by atoms with Gasteiger partial charge in [-0.25, -0.2) is 23.7 Å². The van der Waals surface area contributed by atoms with Gasteiger partial charge in [-0.2, -0.15) is 13.2 Å². The third-order valence-corrected chi connectivity index (χ3v) is 5.84. The normalized spacial score (nSPS) is 17.1. The number of primary amides is 1. The fraction of sp³-hybridized carbons (Fsp3) is 0.409. The summed E-state index contributed by atoms with van der Waals surface area (Å²) < 4.78 is 65.6. The van der Waals surface area contributed by atoms with E-state index < -0.39 is 41.3 Å². The summed E-state index contributed by atoms with van der Waals surface area (Å²) >= 11 is 0. The van der Waals surface area contributed by atoms with Crippen LogP contribution in [0.2, 0.25) is 0 Å². The van der Waals surface area contributed by atoms with E-state index in [0.29, 0.717) is 23.6 Å². The van der Waals surface area contributed by atoms with Crippen molar-refractivity contribution in [2.45, 2.75) is 30.9 Å². The highest BCUT2D eigenvalue weighted by atomic mass is 19.4. The SMILES string of the molecule is NC(=O)C(c1nccc(C(F)(F)F)n1)c1nc2ccc(C(=O)NCCN3CCC(F)(F)CC3)cc2[nH]1. The van der Waals surface area contributed by atoms with Crippen molar-refractivity contribution in [1.82, 2.24) is 30.2 Å². The molecule has 0 bridgehead atoms. The molecule has 1 atom stereocenters. The molecule has 0 spiro atoms. The number of carbonyl (C=O) groups excluding carboxylic acids is 2. The van der Waals surface area contributed by atoms with E-state index in [9.17, 15) is 31.5 Å². The average molecular weight is 511 g/mol. The molecule has 1 aliphatic rings. The number of amides is 2. The van der Waals surface area contributed by atoms with E-state index in [4.69, 9.17) is 5.73 Å². The second kappa shape index (κ2) is 9.76. The first-order valence-electron chi connectivity index (χ1n) is 11.0. The van der Waals surface area contributed by atoms with Crippen molar-refractivity contribution in [2.24, 2.45) is 5.73 Å². The molecule has 0 radical (unpaired) electrons. The number of benzene rings is 1. The molecule has 1 aromatic carbocycles. The number of rotatable bonds is 7. The van der Waals surface area contributed by atoms with Gasteiger partial charge in [0.15, 0.2) is 5.92 Å². The Labute approximate surface area is 201 Å². The van der Waals surface area contributed by atoms with E-state index in [2.05, 4.69) is 25.3 Å². The minimum absolute atomic E-state index is 0.0729. The van der Waals surface area contributed by atoms with Crippen molar-refractivity contribution in [3.05, 3.63) is 53.4 Å². The molecule has 14 heteroatoms. The van der Waals surface area contributed by atoms with E-state index in [-0.39, 0.29) is 43.9 Å². The van der Waals surface area contributed by atoms with Crippen molar-refractivity contribution >= 4 is 22.8 Å². The number of piperidine rings is 1. The monoisotopic (exact) mass is 511 g/mol. The highest BCUT2D eigenvalue weighted by molar-refractivity contribution is 5.97. The third-order valence-electron chi connectivity index (χ3n) is 5.84. The summed E-state index contributed by atoms with van der Waals surface area (Å²) in [5.74, 6) is -6.08. The molecule has 4 rings (SSSR count). The van der Waals surface area contributed by atoms with E-state index >= 15 is 0 Å². The van der Waals surface area contributed by atoms with Crippen LogP contribution in [0.1, 0.15) is 46.5 Å². The van der Waals surface area contributed by atoms with Crippen molar-refractivity contribution in [3.8, 4) is 0 Å². The number of nitrogens with two attached hydrogens (primary N) is 1. The number of aromatic nitrogens is 4. The number of aromatic amines is 1. The maximum absolute atomic E-state index is 13.3. The van der Waals surface area contributed by atoms with Crippen molar-refractivity contribution in [3.63, 3.8) is 0 Å². The number of carbonyl (C=O) groups is 2. The number of nitrogens with one attached hydrogen (secondary N) is 2. The van der Waals surface area contributed by atoms with Crippen molar-refractivity contribution < 1.29 is 31.5 Å². The van der Waals surface area contributed by atoms with Crippen LogP contribution in [-0.4, -0.2) is 68.8 Å². The first-order chi connectivity index (χ1) is 16.9. The Morgan fingerprint density at radius 1 is 1.17 bits per heavy atom. The Bertz CT molecular complexity index is 1270. The standard InChI is InChI=1S/C22H22F5N7O2/c23-21(24)4-8-34(9-5-21)10-7-30-20(36)12-1-2-13-14(11-12)32-19(31-13)16(17(28)35)18-29-6-3-15(33-18)22(25,26)27/h1-3,6,11,16H,4-5,7-10H2,(H2,28,35)(H,30,36)(H,31,32). The molecule has 9 nitrogen and oxygen atoms in total. The Morgan fingerprint density at radius 3 is 2.56 bits per heavy atom. The number of imidazole rings is 1. The predicted octanol–water partition coefficient (Wildman–Crippen LogP) is 2.45. The number of alkyl halides is 5. The summed E-state index contributed by atoms with van der Waals surface area (Å²) in [7, 11) is 0. The van der Waals surface area contributed by atoms with Crippen LogP contribution in [0, 0.1) is 0 Å². The first kappa shape index (κ1) is 25.4. The van der Waals surface area contributed by atoms with Gasteiger partial charge in [0, 0.05) is 50.8 Å². The lowest BCUT2D eigenvalue weighted by molar-refractivity contribution is -0.141. The molecule has 3 aromatic rings. The Kier molecular flexibility index (Phi) is 6.89. The Morgan fingerprint density at radius 2 is 1.89 bits per heavy atom. The van der Waals surface area contributed by atoms with Crippen molar-refractivity contribution in [2.75, 3.05) is 26.2 Å². The van der Waals surface area contributed by atoms with Gasteiger partial charge in [0.2, 0.25) is 5.91 Å². The number of nitrogens with zero attached hydrogens (tertiary/aromatic N) is 4. The second-order valence-electron chi connectivity index (χ2n) is 8.44. The summed E-state index contributed by atoms with van der Waals surface area (Å²) in [4.78, 5) is 40.7. The second-order valence-corrected chi connectivity index (χ2v) is 8.44. The molecule has 1 fully saturated rings. The minimum Gasteiger partial charge on any atom is -0.369 e. The smallest absolute Gasteiger partial charge is 0.369 e. The molecule has 4 N–H and O–H groups in total. The zero-order valence-corrected chi connectivity index (χ0v) is 18.8. The van der Waals surface area contributed by atoms with Crippen LogP contribution >= 0.6 is 0 Å². The molecule has 192 valence electrons. The van der Waals surface area contributed by atoms with Crippen LogP contribution in [0.4, 0.5) is 22.0 Å². The molecule has 1 unspecified atom stereocenters. The van der Waals surface area contributed by atoms with E-state index in [1.165, 1.54) is 18.2 Å². The van der Waals surface area contributed by atoms with E-state index in [1.807, 2.05) is 4.90 Å². The van der Waals surface area contributed by atoms with Crippen LogP contribution in [0.5, 0.6) is 0 Å². The van der Waals surface area contributed by atoms with Crippen LogP contribution < -0.4 is 11.1 Å². The number of hydrogen-bond acceptors (Lipinski definition) is 6. The molecule has 2 amide bonds. The van der Waals surface area contributed by atoms with E-state index in [0.717, 1.165) is 6.20 Å². The van der Waals surface area contributed by atoms with Crippen molar-refractivity contribution in [1.29, 1.82) is 0 Å². The molecule has 0 saturated carbocycles. The van der Waals surface area contributed by atoms with Gasteiger partial charge in [0.05, 0.1) is 11.0 Å². The molecular weight excluding hydrogens is 489 g/mol. The van der Waals surface area contributed by atoms with Crippen LogP contribution in [0.25, 0.3) is 11.0 Å². The van der Waals surface area contributed by atoms with Gasteiger partial charge in [0.1, 0.15) is 17.3 Å². The maximum atomic E-state index is 13.3. The molecule has 36 heavy (non-hydrogen) atoms. The topological polar surface area (TPSA) is 130 Å². The minimum atomic E-state index is -4.74. The lowest BCUT2D eigenvalue weighted by Crippen LogP contribution is -2.43. The van der Waals surface area contributed by atoms with Gasteiger partial charge in [0.25, 0.3) is 11.8 Å². The number of H-pyrrole nitrogens is 1. The number of fused-ring (bicyclic) bond motifs is 1. The third kappa shape index (κ3) is 5.75. The highest BCUT2D eigenvalue weighted by Gasteiger charge is 2.35. The van der Waals surface area contributed by atoms with E-state index in [1.54, 1.807) is 0 Å². The summed E-state index contributed by atoms with van der Waals surface area (Å²) in [6.07, 6.45) is -4.29. The van der Waals surface area contributed by atoms with Gasteiger partial charge in [-0.3, -0.25) is 9.59 Å². The zero-order valence-electron chi connectivity index (χ0n) is 18.8. The summed E-state index contributed by atoms with van der Waals surface area (Å²) in [6.45, 7) is 1.19. The summed E-state index contributed by atoms with van der Waals surface area (Å²) in [5, 5.41) is 2.72. The summed E-state index contributed by atoms with van der Waals surface area (Å²) in [5.41, 5.74) is 5.13. The number of halogens is 5. The van der Waals surface area contributed by atoms with Gasteiger partial charge < -0.3 is 20.9 Å². The van der Waals surface area contributed by atoms with Gasteiger partial charge in [-0.1, -0.05) is 0 Å². The summed E-state index contributed by atoms with van der Waals surface area (Å²) in [6, 6.07) is 5.13. The van der Waals surface area contributed by atoms with Crippen LogP contribution in [0.3, 0.4) is 0 Å². The molecule has 2 aromatic heterocycles. The fourth-order valence-electron chi connectivity index (χ4n) is 3.90. The number of likely N-dealkylation sites (tertiary alicyclic amines) is 1. The first-order valence-corrected chi connectivity index (χ1v) is 11.0. The Balaban J connectivity index is 1.47. The van der Waals surface area contributed by atoms with Gasteiger partial charge in [-0.05, 0) is 24.3 Å². The van der Waals surface area contributed by atoms with Crippen LogP contribution in [-0.2, 0) is 11.0 Å². The zero-order chi connectivity index (χ0) is 26.1. The lowest BCUT2D eigenvalue weighted by atomic mass is 10.1. The lowest BCUT2D eigenvalue weighted by Gasteiger charge is -2.31. The van der Waals surface area contributed by atoms with Gasteiger partial charge in [-0.15, -0.1) is 0 Å². The Hall–Kier alpha value is -3.68. The van der Waals surface area contributed by atoms with Gasteiger partial charge >= 0.3 is 6.18 Å². The predicted molar refractivity (Wildman–Crippen MR) is 117 cm³/mol.